The fraction of sp³-hybridized carbons (Fsp3) is 0.182. The van der Waals surface area contributed by atoms with Gasteiger partial charge in [0.25, 0.3) is 0 Å². The third-order valence-corrected chi connectivity index (χ3v) is 7.09. The van der Waals surface area contributed by atoms with Crippen LogP contribution in [0.3, 0.4) is 0 Å². The fourth-order valence-corrected chi connectivity index (χ4v) is 4.77. The summed E-state index contributed by atoms with van der Waals surface area (Å²) in [6.07, 6.45) is -4.05. The lowest BCUT2D eigenvalue weighted by Gasteiger charge is -2.24. The molecule has 0 radical (unpaired) electrons. The second kappa shape index (κ2) is 16.9. The van der Waals surface area contributed by atoms with Crippen molar-refractivity contribution in [2.45, 2.75) is 25.4 Å². The van der Waals surface area contributed by atoms with Crippen LogP contribution in [0.5, 0.6) is 11.5 Å². The highest BCUT2D eigenvalue weighted by molar-refractivity contribution is 7.92. The van der Waals surface area contributed by atoms with Crippen LogP contribution in [0.1, 0.15) is 28.3 Å². The molecule has 49 heavy (non-hydrogen) atoms. The van der Waals surface area contributed by atoms with E-state index in [1.165, 1.54) is 13.2 Å². The first-order chi connectivity index (χ1) is 23.1. The highest BCUT2D eigenvalue weighted by Crippen LogP contribution is 2.38. The molecular weight excluding hydrogens is 667 g/mol. The Bertz CT molecular complexity index is 1840. The number of nitrogens with one attached hydrogen (secondary N) is 4. The van der Waals surface area contributed by atoms with E-state index in [0.717, 1.165) is 17.4 Å². The summed E-state index contributed by atoms with van der Waals surface area (Å²) in [6, 6.07) is 27.6. The van der Waals surface area contributed by atoms with E-state index in [0.29, 0.717) is 28.3 Å². The zero-order chi connectivity index (χ0) is 36.2. The number of carbonyl (C=O) groups excluding carboxylic acids is 1. The molecule has 260 valence electrons. The number of sulfonamides is 1. The van der Waals surface area contributed by atoms with Crippen molar-refractivity contribution >= 4 is 39.1 Å². The van der Waals surface area contributed by atoms with E-state index >= 15 is 0 Å². The first-order valence-electron chi connectivity index (χ1n) is 14.3. The Balaban J connectivity index is 0.000000838. The summed E-state index contributed by atoms with van der Waals surface area (Å²) in [5.41, 5.74) is 8.93. The summed E-state index contributed by atoms with van der Waals surface area (Å²) >= 11 is 0. The summed E-state index contributed by atoms with van der Waals surface area (Å²) in [5, 5.41) is 20.9. The van der Waals surface area contributed by atoms with Gasteiger partial charge >= 0.3 is 12.1 Å². The lowest BCUT2D eigenvalue weighted by atomic mass is 10.0. The van der Waals surface area contributed by atoms with Crippen LogP contribution < -0.4 is 30.6 Å². The normalized spacial score (nSPS) is 11.6. The molecular formula is C33H34F3N5O7S. The number of amidine groups is 1. The predicted molar refractivity (Wildman–Crippen MR) is 178 cm³/mol. The molecule has 0 aromatic heterocycles. The lowest BCUT2D eigenvalue weighted by molar-refractivity contribution is -0.192. The molecule has 4 aromatic rings. The molecule has 1 unspecified atom stereocenters. The van der Waals surface area contributed by atoms with Crippen molar-refractivity contribution in [2.24, 2.45) is 5.73 Å². The van der Waals surface area contributed by atoms with E-state index in [9.17, 15) is 26.4 Å². The molecule has 0 aliphatic carbocycles. The summed E-state index contributed by atoms with van der Waals surface area (Å²) in [7, 11) is -2.28. The quantitative estimate of drug-likeness (QED) is 0.0819. The second-order valence-electron chi connectivity index (χ2n) is 10.3. The van der Waals surface area contributed by atoms with Crippen LogP contribution in [0.25, 0.3) is 0 Å². The smallest absolute Gasteiger partial charge is 0.490 e. The van der Waals surface area contributed by atoms with Crippen molar-refractivity contribution in [1.29, 1.82) is 5.41 Å². The van der Waals surface area contributed by atoms with Gasteiger partial charge in [-0.2, -0.15) is 13.2 Å². The van der Waals surface area contributed by atoms with Crippen molar-refractivity contribution in [3.63, 3.8) is 0 Å². The van der Waals surface area contributed by atoms with Crippen LogP contribution in [0.2, 0.25) is 0 Å². The van der Waals surface area contributed by atoms with E-state index in [2.05, 4.69) is 15.4 Å². The van der Waals surface area contributed by atoms with E-state index < -0.39 is 34.1 Å². The van der Waals surface area contributed by atoms with Crippen molar-refractivity contribution in [3.05, 3.63) is 119 Å². The monoisotopic (exact) mass is 701 g/mol. The summed E-state index contributed by atoms with van der Waals surface area (Å²) < 4.78 is 70.7. The van der Waals surface area contributed by atoms with E-state index in [1.54, 1.807) is 30.3 Å². The number of halogens is 3. The minimum Gasteiger partial charge on any atom is -0.493 e. The third kappa shape index (κ3) is 12.1. The summed E-state index contributed by atoms with van der Waals surface area (Å²) in [6.45, 7) is 0.474. The maximum Gasteiger partial charge on any atom is 0.490 e. The zero-order valence-electron chi connectivity index (χ0n) is 26.2. The molecule has 0 aliphatic rings. The number of carboxylic acids is 1. The topological polar surface area (TPSA) is 193 Å². The molecule has 0 fully saturated rings. The Labute approximate surface area is 280 Å². The number of carbonyl (C=O) groups is 2. The van der Waals surface area contributed by atoms with Crippen molar-refractivity contribution in [3.8, 4) is 11.5 Å². The van der Waals surface area contributed by atoms with Gasteiger partial charge in [-0.1, -0.05) is 60.7 Å². The van der Waals surface area contributed by atoms with E-state index in [-0.39, 0.29) is 24.7 Å². The lowest BCUT2D eigenvalue weighted by Crippen LogP contribution is -2.34. The number of amides is 1. The first-order valence-corrected chi connectivity index (χ1v) is 16.2. The van der Waals surface area contributed by atoms with E-state index in [4.69, 9.17) is 30.5 Å². The number of rotatable bonds is 13. The van der Waals surface area contributed by atoms with Gasteiger partial charge in [0.15, 0.2) is 11.5 Å². The van der Waals surface area contributed by atoms with Crippen LogP contribution in [0, 0.1) is 5.41 Å². The molecule has 0 aliphatic heterocycles. The van der Waals surface area contributed by atoms with Gasteiger partial charge in [0.05, 0.1) is 19.1 Å². The fourth-order valence-electron chi connectivity index (χ4n) is 4.19. The Morgan fingerprint density at radius 3 is 1.96 bits per heavy atom. The third-order valence-electron chi connectivity index (χ3n) is 6.50. The van der Waals surface area contributed by atoms with Crippen LogP contribution >= 0.6 is 0 Å². The highest BCUT2D eigenvalue weighted by atomic mass is 32.2. The molecule has 0 bridgehead atoms. The molecule has 4 aromatic carbocycles. The van der Waals surface area contributed by atoms with Gasteiger partial charge in [0, 0.05) is 29.4 Å². The van der Waals surface area contributed by atoms with Crippen LogP contribution in [0.4, 0.5) is 24.5 Å². The van der Waals surface area contributed by atoms with Gasteiger partial charge < -0.3 is 30.9 Å². The number of benzene rings is 4. The van der Waals surface area contributed by atoms with Crippen molar-refractivity contribution < 1.29 is 45.8 Å². The minimum absolute atomic E-state index is 0.0887. The highest BCUT2D eigenvalue weighted by Gasteiger charge is 2.38. The number of anilines is 2. The number of carboxylic acid groups (broad SMARTS) is 1. The molecule has 7 N–H and O–H groups in total. The van der Waals surface area contributed by atoms with Gasteiger partial charge in [-0.05, 0) is 41.5 Å². The van der Waals surface area contributed by atoms with Crippen molar-refractivity contribution in [2.75, 3.05) is 23.4 Å². The maximum atomic E-state index is 13.7. The molecule has 1 atom stereocenters. The van der Waals surface area contributed by atoms with Crippen LogP contribution in [-0.2, 0) is 32.8 Å². The minimum atomic E-state index is -5.08. The first kappa shape index (κ1) is 37.7. The number of nitrogen functional groups attached to an aromatic ring is 1. The predicted octanol–water partition coefficient (Wildman–Crippen LogP) is 5.03. The van der Waals surface area contributed by atoms with Gasteiger partial charge in [0.1, 0.15) is 18.5 Å². The Kier molecular flexibility index (Phi) is 13.0. The average molecular weight is 702 g/mol. The Hall–Kier alpha value is -5.77. The van der Waals surface area contributed by atoms with Gasteiger partial charge in [0.2, 0.25) is 15.9 Å². The largest absolute Gasteiger partial charge is 0.493 e. The average Bonchev–Trinajstić information content (AvgIpc) is 3.05. The molecule has 4 rings (SSSR count). The number of methoxy groups -OCH3 is 1. The van der Waals surface area contributed by atoms with Crippen LogP contribution in [0.15, 0.2) is 97.1 Å². The van der Waals surface area contributed by atoms with Crippen LogP contribution in [-0.4, -0.2) is 50.8 Å². The van der Waals surface area contributed by atoms with Crippen molar-refractivity contribution in [1.82, 2.24) is 5.32 Å². The molecule has 1 amide bonds. The standard InChI is InChI=1S/C31H33N5O5S.C2HF3O2/c1-40-27-17-25(26(36-42(2,38)39)18-28(27)41-20-22-11-7-4-8-12-22)29(31(37)34-19-21-9-5-3-6-10-21)35-24-15-13-23(14-16-24)30(32)33;3-2(4,5)1(6)7/h3-18,29,35-36H,19-20H2,1-2H3,(H3,32,33)(H,34,37);(H,6,7). The Morgan fingerprint density at radius 1 is 0.918 bits per heavy atom. The summed E-state index contributed by atoms with van der Waals surface area (Å²) in [5.74, 6) is -2.65. The molecule has 0 spiro atoms. The number of nitrogens with two attached hydrogens (primary N) is 1. The molecule has 12 nitrogen and oxygen atoms in total. The molecule has 0 saturated carbocycles. The number of aliphatic carboxylic acids is 1. The van der Waals surface area contributed by atoms with Gasteiger partial charge in [-0.25, -0.2) is 13.2 Å². The zero-order valence-corrected chi connectivity index (χ0v) is 27.1. The second-order valence-corrected chi connectivity index (χ2v) is 12.1. The SMILES string of the molecule is COc1cc(C(Nc2ccc(C(=N)N)cc2)C(=O)NCc2ccccc2)c(NS(C)(=O)=O)cc1OCc1ccccc1.O=C(O)C(F)(F)F. The van der Waals surface area contributed by atoms with Gasteiger partial charge in [-0.3, -0.25) is 14.9 Å². The number of hydrogen-bond donors (Lipinski definition) is 6. The number of alkyl halides is 3. The molecule has 0 heterocycles. The Morgan fingerprint density at radius 2 is 1.47 bits per heavy atom. The van der Waals surface area contributed by atoms with E-state index in [1.807, 2.05) is 60.7 Å². The summed E-state index contributed by atoms with van der Waals surface area (Å²) in [4.78, 5) is 22.6. The maximum absolute atomic E-state index is 13.7. The van der Waals surface area contributed by atoms with Gasteiger partial charge in [-0.15, -0.1) is 0 Å². The molecule has 16 heteroatoms. The number of hydrogen-bond acceptors (Lipinski definition) is 8. The number of ether oxygens (including phenoxy) is 2. The molecule has 0 saturated heterocycles.